The summed E-state index contributed by atoms with van der Waals surface area (Å²) in [6, 6.07) is 4.83. The Morgan fingerprint density at radius 1 is 1.53 bits per heavy atom. The predicted molar refractivity (Wildman–Crippen MR) is 75.5 cm³/mol. The highest BCUT2D eigenvalue weighted by Crippen LogP contribution is 2.28. The molecule has 0 heterocycles. The first-order chi connectivity index (χ1) is 8.75. The maximum atomic E-state index is 11.2. The molecule has 0 aromatic heterocycles. The Bertz CT molecular complexity index is 503. The van der Waals surface area contributed by atoms with Crippen molar-refractivity contribution in [1.29, 1.82) is 0 Å². The highest BCUT2D eigenvalue weighted by Gasteiger charge is 2.24. The zero-order chi connectivity index (χ0) is 14.6. The number of primary amides is 1. The molecule has 0 fully saturated rings. The van der Waals surface area contributed by atoms with E-state index in [0.29, 0.717) is 17.6 Å². The molecule has 19 heavy (non-hydrogen) atoms. The van der Waals surface area contributed by atoms with E-state index in [1.165, 1.54) is 6.07 Å². The van der Waals surface area contributed by atoms with Crippen molar-refractivity contribution in [2.24, 2.45) is 11.1 Å². The number of halogens is 1. The minimum absolute atomic E-state index is 0.0217. The van der Waals surface area contributed by atoms with Crippen LogP contribution in [0.4, 0.5) is 5.69 Å². The van der Waals surface area contributed by atoms with E-state index in [9.17, 15) is 14.9 Å². The summed E-state index contributed by atoms with van der Waals surface area (Å²) in [7, 11) is 0. The fourth-order valence-electron chi connectivity index (χ4n) is 1.44. The summed E-state index contributed by atoms with van der Waals surface area (Å²) in [4.78, 5) is 21.5. The van der Waals surface area contributed by atoms with Crippen LogP contribution in [0.2, 0.25) is 0 Å². The van der Waals surface area contributed by atoms with Crippen LogP contribution in [0.5, 0.6) is 0 Å². The zero-order valence-electron chi connectivity index (χ0n) is 10.8. The molecule has 0 bridgehead atoms. The third-order valence-corrected chi connectivity index (χ3v) is 3.72. The lowest BCUT2D eigenvalue weighted by Gasteiger charge is -2.21. The molecule has 104 valence electrons. The van der Waals surface area contributed by atoms with Gasteiger partial charge in [0.2, 0.25) is 5.91 Å². The van der Waals surface area contributed by atoms with Gasteiger partial charge in [0.15, 0.2) is 0 Å². The zero-order valence-corrected chi connectivity index (χ0v) is 12.4. The summed E-state index contributed by atoms with van der Waals surface area (Å²) < 4.78 is 0.449. The summed E-state index contributed by atoms with van der Waals surface area (Å²) >= 11 is 3.22. The number of carbonyl (C=O) groups is 1. The van der Waals surface area contributed by atoms with Gasteiger partial charge in [-0.05, 0) is 35.3 Å². The first-order valence-electron chi connectivity index (χ1n) is 5.68. The van der Waals surface area contributed by atoms with Crippen molar-refractivity contribution in [3.05, 3.63) is 38.3 Å². The number of nitrogens with two attached hydrogens (primary N) is 1. The van der Waals surface area contributed by atoms with Gasteiger partial charge >= 0.3 is 0 Å². The first-order valence-corrected chi connectivity index (χ1v) is 6.47. The first kappa shape index (κ1) is 15.6. The molecule has 0 unspecified atom stereocenters. The summed E-state index contributed by atoms with van der Waals surface area (Å²) in [5.41, 5.74) is 5.39. The van der Waals surface area contributed by atoms with Crippen molar-refractivity contribution in [2.75, 3.05) is 6.54 Å². The van der Waals surface area contributed by atoms with E-state index in [1.54, 1.807) is 26.0 Å². The second-order valence-electron chi connectivity index (χ2n) is 4.86. The van der Waals surface area contributed by atoms with Crippen molar-refractivity contribution in [1.82, 2.24) is 5.32 Å². The maximum absolute atomic E-state index is 11.2. The fraction of sp³-hybridized carbons (Fsp3) is 0.417. The molecule has 3 N–H and O–H groups in total. The summed E-state index contributed by atoms with van der Waals surface area (Å²) in [5, 5.41) is 13.9. The van der Waals surface area contributed by atoms with Crippen molar-refractivity contribution >= 4 is 27.5 Å². The molecule has 0 saturated carbocycles. The second kappa shape index (κ2) is 6.12. The van der Waals surface area contributed by atoms with Crippen LogP contribution in [0, 0.1) is 15.5 Å². The Balaban J connectivity index is 2.72. The molecule has 0 aliphatic rings. The van der Waals surface area contributed by atoms with Crippen LogP contribution < -0.4 is 11.1 Å². The Labute approximate surface area is 119 Å². The van der Waals surface area contributed by atoms with E-state index in [2.05, 4.69) is 21.2 Å². The normalized spacial score (nSPS) is 11.3. The van der Waals surface area contributed by atoms with Gasteiger partial charge in [0.1, 0.15) is 0 Å². The van der Waals surface area contributed by atoms with Crippen LogP contribution in [0.25, 0.3) is 0 Å². The number of benzene rings is 1. The van der Waals surface area contributed by atoms with Crippen molar-refractivity contribution < 1.29 is 9.72 Å². The summed E-state index contributed by atoms with van der Waals surface area (Å²) in [6.07, 6.45) is 0. The van der Waals surface area contributed by atoms with Gasteiger partial charge in [-0.2, -0.15) is 0 Å². The van der Waals surface area contributed by atoms with E-state index < -0.39 is 16.2 Å². The lowest BCUT2D eigenvalue weighted by Crippen LogP contribution is -2.40. The van der Waals surface area contributed by atoms with Crippen LogP contribution >= 0.6 is 15.9 Å². The Kier molecular flexibility index (Phi) is 5.02. The van der Waals surface area contributed by atoms with E-state index in [4.69, 9.17) is 5.73 Å². The highest BCUT2D eigenvalue weighted by atomic mass is 79.9. The summed E-state index contributed by atoms with van der Waals surface area (Å²) in [5.74, 6) is -0.391. The molecule has 0 radical (unpaired) electrons. The van der Waals surface area contributed by atoms with Crippen LogP contribution in [0.1, 0.15) is 19.4 Å². The summed E-state index contributed by atoms with van der Waals surface area (Å²) in [6.45, 7) is 4.30. The standard InChI is InChI=1S/C12H16BrN3O3/c1-12(2,11(14)17)7-15-6-8-4-3-5-9(10(8)13)16(18)19/h3-5,15H,6-7H2,1-2H3,(H2,14,17). The number of nitro benzene ring substituents is 1. The topological polar surface area (TPSA) is 98.3 Å². The molecule has 0 atom stereocenters. The number of nitro groups is 1. The average Bonchev–Trinajstić information content (AvgIpc) is 2.30. The Morgan fingerprint density at radius 3 is 2.68 bits per heavy atom. The number of amides is 1. The lowest BCUT2D eigenvalue weighted by atomic mass is 9.93. The maximum Gasteiger partial charge on any atom is 0.283 e. The Morgan fingerprint density at radius 2 is 2.16 bits per heavy atom. The van der Waals surface area contributed by atoms with Crippen LogP contribution in [0.3, 0.4) is 0 Å². The lowest BCUT2D eigenvalue weighted by molar-refractivity contribution is -0.385. The molecule has 0 aliphatic carbocycles. The third-order valence-electron chi connectivity index (χ3n) is 2.80. The molecular formula is C12H16BrN3O3. The van der Waals surface area contributed by atoms with Gasteiger partial charge in [-0.15, -0.1) is 0 Å². The number of carbonyl (C=O) groups excluding carboxylic acids is 1. The highest BCUT2D eigenvalue weighted by molar-refractivity contribution is 9.10. The van der Waals surface area contributed by atoms with E-state index in [-0.39, 0.29) is 5.69 Å². The quantitative estimate of drug-likeness (QED) is 0.615. The van der Waals surface area contributed by atoms with Gasteiger partial charge in [0.25, 0.3) is 5.69 Å². The molecule has 1 aromatic rings. The van der Waals surface area contributed by atoms with Crippen molar-refractivity contribution in [3.63, 3.8) is 0 Å². The molecule has 7 heteroatoms. The van der Waals surface area contributed by atoms with Gasteiger partial charge in [-0.3, -0.25) is 14.9 Å². The Hall–Kier alpha value is -1.47. The number of nitrogens with one attached hydrogen (secondary N) is 1. The molecular weight excluding hydrogens is 314 g/mol. The fourth-order valence-corrected chi connectivity index (χ4v) is 1.99. The van der Waals surface area contributed by atoms with Crippen LogP contribution in [0.15, 0.2) is 22.7 Å². The molecule has 0 aliphatic heterocycles. The SMILES string of the molecule is CC(C)(CNCc1cccc([N+](=O)[O-])c1Br)C(N)=O. The molecule has 1 aromatic carbocycles. The number of nitrogens with zero attached hydrogens (tertiary/aromatic N) is 1. The van der Waals surface area contributed by atoms with E-state index in [0.717, 1.165) is 5.56 Å². The van der Waals surface area contributed by atoms with Gasteiger partial charge in [0.05, 0.1) is 14.8 Å². The van der Waals surface area contributed by atoms with Gasteiger partial charge < -0.3 is 11.1 Å². The number of hydrogen-bond donors (Lipinski definition) is 2. The van der Waals surface area contributed by atoms with Crippen LogP contribution in [-0.4, -0.2) is 17.4 Å². The van der Waals surface area contributed by atoms with E-state index in [1.807, 2.05) is 0 Å². The minimum atomic E-state index is -0.660. The monoisotopic (exact) mass is 329 g/mol. The molecule has 1 rings (SSSR count). The van der Waals surface area contributed by atoms with Crippen molar-refractivity contribution in [2.45, 2.75) is 20.4 Å². The van der Waals surface area contributed by atoms with Gasteiger partial charge in [0, 0.05) is 19.2 Å². The van der Waals surface area contributed by atoms with Gasteiger partial charge in [-0.1, -0.05) is 12.1 Å². The molecule has 6 nitrogen and oxygen atoms in total. The minimum Gasteiger partial charge on any atom is -0.369 e. The van der Waals surface area contributed by atoms with Crippen molar-refractivity contribution in [3.8, 4) is 0 Å². The van der Waals surface area contributed by atoms with Crippen LogP contribution in [-0.2, 0) is 11.3 Å². The predicted octanol–water partition coefficient (Wildman–Crippen LogP) is 1.96. The number of hydrogen-bond acceptors (Lipinski definition) is 4. The largest absolute Gasteiger partial charge is 0.369 e. The third kappa shape index (κ3) is 4.00. The molecule has 1 amide bonds. The smallest absolute Gasteiger partial charge is 0.283 e. The average molecular weight is 330 g/mol. The van der Waals surface area contributed by atoms with E-state index >= 15 is 0 Å². The molecule has 0 saturated heterocycles. The second-order valence-corrected chi connectivity index (χ2v) is 5.65. The number of rotatable bonds is 6. The van der Waals surface area contributed by atoms with Gasteiger partial charge in [-0.25, -0.2) is 0 Å². The molecule has 0 spiro atoms.